The summed E-state index contributed by atoms with van der Waals surface area (Å²) in [5.74, 6) is 4.41. The number of carbonyl (C=O) groups excluding carboxylic acids is 1. The minimum Gasteiger partial charge on any atom is -0.395 e. The van der Waals surface area contributed by atoms with Gasteiger partial charge in [-0.25, -0.2) is 15.0 Å². The molecule has 1 amide bonds. The summed E-state index contributed by atoms with van der Waals surface area (Å²) in [4.78, 5) is 30.9. The molecule has 33 heavy (non-hydrogen) atoms. The van der Waals surface area contributed by atoms with E-state index < -0.39 is 0 Å². The number of hydrogen-bond acceptors (Lipinski definition) is 9. The van der Waals surface area contributed by atoms with E-state index in [0.717, 1.165) is 32.0 Å². The van der Waals surface area contributed by atoms with Crippen LogP contribution < -0.4 is 15.5 Å². The Bertz CT molecular complexity index is 1170. The van der Waals surface area contributed by atoms with Crippen molar-refractivity contribution in [2.24, 2.45) is 0 Å². The highest BCUT2D eigenvalue weighted by molar-refractivity contribution is 7.17. The Hall–Kier alpha value is -3.52. The van der Waals surface area contributed by atoms with Crippen molar-refractivity contribution in [2.45, 2.75) is 6.92 Å². The van der Waals surface area contributed by atoms with Crippen molar-refractivity contribution >= 4 is 39.7 Å². The molecule has 1 saturated heterocycles. The van der Waals surface area contributed by atoms with Crippen LogP contribution in [0.15, 0.2) is 36.5 Å². The summed E-state index contributed by atoms with van der Waals surface area (Å²) in [6.45, 7) is 6.13. The zero-order valence-electron chi connectivity index (χ0n) is 18.3. The summed E-state index contributed by atoms with van der Waals surface area (Å²) in [7, 11) is 0. The quantitative estimate of drug-likeness (QED) is 0.459. The van der Waals surface area contributed by atoms with Crippen LogP contribution in [0, 0.1) is 19.3 Å². The minimum atomic E-state index is -0.255. The lowest BCUT2D eigenvalue weighted by atomic mass is 10.2. The van der Waals surface area contributed by atoms with E-state index in [1.165, 1.54) is 17.5 Å². The van der Waals surface area contributed by atoms with Gasteiger partial charge in [-0.1, -0.05) is 23.3 Å². The number of piperazine rings is 1. The number of nitrogens with zero attached hydrogens (tertiary/aromatic N) is 5. The van der Waals surface area contributed by atoms with Crippen molar-refractivity contribution in [3.8, 4) is 12.3 Å². The number of terminal acetylenes is 1. The molecule has 0 atom stereocenters. The fourth-order valence-electron chi connectivity index (χ4n) is 3.55. The van der Waals surface area contributed by atoms with Crippen LogP contribution in [0.1, 0.15) is 21.1 Å². The molecule has 3 N–H and O–H groups in total. The number of thiazole rings is 1. The molecule has 0 spiro atoms. The standard InChI is InChI=1S/C23H25N7O2S/c1-3-17-5-4-6-18(13-17)27-22(32)19-15-24-23(33-19)28-20-14-21(26-16(2)25-20)30-9-7-29(8-10-30)11-12-31/h1,4-6,13-15,31H,7-12H2,2H3,(H,27,32)(H,24,25,26,28). The number of amides is 1. The number of aliphatic hydroxyl groups excluding tert-OH is 1. The lowest BCUT2D eigenvalue weighted by Gasteiger charge is -2.35. The third kappa shape index (κ3) is 5.84. The molecule has 3 aromatic rings. The van der Waals surface area contributed by atoms with Gasteiger partial charge in [0.1, 0.15) is 22.3 Å². The summed E-state index contributed by atoms with van der Waals surface area (Å²) in [6.07, 6.45) is 6.95. The number of nitrogens with one attached hydrogen (secondary N) is 2. The second-order valence-corrected chi connectivity index (χ2v) is 8.58. The van der Waals surface area contributed by atoms with Crippen LogP contribution in [-0.4, -0.2) is 70.2 Å². The van der Waals surface area contributed by atoms with Gasteiger partial charge < -0.3 is 20.6 Å². The molecule has 9 nitrogen and oxygen atoms in total. The van der Waals surface area contributed by atoms with Gasteiger partial charge in [-0.15, -0.1) is 6.42 Å². The molecular formula is C23H25N7O2S. The Balaban J connectivity index is 1.41. The lowest BCUT2D eigenvalue weighted by molar-refractivity contribution is 0.103. The third-order valence-corrected chi connectivity index (χ3v) is 6.10. The molecule has 170 valence electrons. The summed E-state index contributed by atoms with van der Waals surface area (Å²) in [5.41, 5.74) is 1.33. The number of β-amino-alcohol motifs (C(OH)–C–C–N with tert-alkyl or cyclic N) is 1. The maximum atomic E-state index is 12.6. The Kier molecular flexibility index (Phi) is 7.14. The first-order chi connectivity index (χ1) is 16.0. The largest absolute Gasteiger partial charge is 0.395 e. The van der Waals surface area contributed by atoms with Crippen LogP contribution in [0.3, 0.4) is 0 Å². The maximum absolute atomic E-state index is 12.6. The van der Waals surface area contributed by atoms with Gasteiger partial charge in [-0.2, -0.15) is 0 Å². The normalized spacial score (nSPS) is 14.0. The Morgan fingerprint density at radius 1 is 1.24 bits per heavy atom. The molecular weight excluding hydrogens is 438 g/mol. The SMILES string of the molecule is C#Cc1cccc(NC(=O)c2cnc(Nc3cc(N4CCN(CCO)CC4)nc(C)n3)s2)c1. The molecule has 0 unspecified atom stereocenters. The van der Waals surface area contributed by atoms with E-state index in [0.29, 0.717) is 39.4 Å². The Morgan fingerprint density at radius 3 is 2.82 bits per heavy atom. The van der Waals surface area contributed by atoms with E-state index in [2.05, 4.69) is 41.3 Å². The van der Waals surface area contributed by atoms with Gasteiger partial charge >= 0.3 is 0 Å². The highest BCUT2D eigenvalue weighted by Gasteiger charge is 2.19. The number of aryl methyl sites for hydroxylation is 1. The second kappa shape index (κ2) is 10.4. The molecule has 1 aliphatic heterocycles. The van der Waals surface area contributed by atoms with E-state index in [1.54, 1.807) is 24.3 Å². The highest BCUT2D eigenvalue weighted by atomic mass is 32.1. The predicted octanol–water partition coefficient (Wildman–Crippen LogP) is 2.33. The molecule has 10 heteroatoms. The number of aromatic nitrogens is 3. The van der Waals surface area contributed by atoms with E-state index in [9.17, 15) is 4.79 Å². The van der Waals surface area contributed by atoms with E-state index in [4.69, 9.17) is 11.5 Å². The molecule has 0 saturated carbocycles. The number of anilines is 4. The van der Waals surface area contributed by atoms with Gasteiger partial charge in [0.25, 0.3) is 5.91 Å². The molecule has 0 aliphatic carbocycles. The molecule has 2 aromatic heterocycles. The van der Waals surface area contributed by atoms with Crippen LogP contribution >= 0.6 is 11.3 Å². The fourth-order valence-corrected chi connectivity index (χ4v) is 4.26. The Morgan fingerprint density at radius 2 is 2.06 bits per heavy atom. The molecule has 3 heterocycles. The zero-order chi connectivity index (χ0) is 23.2. The summed E-state index contributed by atoms with van der Waals surface area (Å²) in [5, 5.41) is 15.7. The Labute approximate surface area is 196 Å². The fraction of sp³-hybridized carbons (Fsp3) is 0.304. The first-order valence-corrected chi connectivity index (χ1v) is 11.4. The number of benzene rings is 1. The number of aliphatic hydroxyl groups is 1. The zero-order valence-corrected chi connectivity index (χ0v) is 19.1. The predicted molar refractivity (Wildman–Crippen MR) is 130 cm³/mol. The van der Waals surface area contributed by atoms with Gasteiger partial charge in [0.2, 0.25) is 0 Å². The van der Waals surface area contributed by atoms with Crippen LogP contribution in [-0.2, 0) is 0 Å². The average molecular weight is 464 g/mol. The number of carbonyl (C=O) groups is 1. The smallest absolute Gasteiger partial charge is 0.267 e. The van der Waals surface area contributed by atoms with Crippen LogP contribution in [0.25, 0.3) is 0 Å². The van der Waals surface area contributed by atoms with E-state index in [1.807, 2.05) is 13.0 Å². The van der Waals surface area contributed by atoms with Gasteiger partial charge in [0.15, 0.2) is 5.13 Å². The van der Waals surface area contributed by atoms with Crippen molar-refractivity contribution in [2.75, 3.05) is 54.9 Å². The third-order valence-electron chi connectivity index (χ3n) is 5.19. The van der Waals surface area contributed by atoms with E-state index in [-0.39, 0.29) is 12.5 Å². The van der Waals surface area contributed by atoms with Crippen molar-refractivity contribution in [1.82, 2.24) is 19.9 Å². The van der Waals surface area contributed by atoms with Gasteiger partial charge in [-0.05, 0) is 25.1 Å². The van der Waals surface area contributed by atoms with Crippen molar-refractivity contribution in [3.63, 3.8) is 0 Å². The van der Waals surface area contributed by atoms with Crippen molar-refractivity contribution in [1.29, 1.82) is 0 Å². The van der Waals surface area contributed by atoms with Gasteiger partial charge in [-0.3, -0.25) is 9.69 Å². The molecule has 1 fully saturated rings. The van der Waals surface area contributed by atoms with Crippen LogP contribution in [0.4, 0.5) is 22.5 Å². The summed E-state index contributed by atoms with van der Waals surface area (Å²) >= 11 is 1.24. The minimum absolute atomic E-state index is 0.172. The second-order valence-electron chi connectivity index (χ2n) is 7.54. The topological polar surface area (TPSA) is 107 Å². The molecule has 0 bridgehead atoms. The van der Waals surface area contributed by atoms with Crippen molar-refractivity contribution < 1.29 is 9.90 Å². The number of hydrogen-bond donors (Lipinski definition) is 3. The number of rotatable bonds is 7. The lowest BCUT2D eigenvalue weighted by Crippen LogP contribution is -2.47. The summed E-state index contributed by atoms with van der Waals surface area (Å²) < 4.78 is 0. The molecule has 4 rings (SSSR count). The van der Waals surface area contributed by atoms with Crippen molar-refractivity contribution in [3.05, 3.63) is 52.8 Å². The first kappa shape index (κ1) is 22.7. The molecule has 1 aromatic carbocycles. The maximum Gasteiger partial charge on any atom is 0.267 e. The van der Waals surface area contributed by atoms with E-state index >= 15 is 0 Å². The van der Waals surface area contributed by atoms with Gasteiger partial charge in [0, 0.05) is 50.0 Å². The van der Waals surface area contributed by atoms with Crippen LogP contribution in [0.5, 0.6) is 0 Å². The van der Waals surface area contributed by atoms with Crippen LogP contribution in [0.2, 0.25) is 0 Å². The highest BCUT2D eigenvalue weighted by Crippen LogP contribution is 2.25. The van der Waals surface area contributed by atoms with Gasteiger partial charge in [0.05, 0.1) is 12.8 Å². The summed E-state index contributed by atoms with van der Waals surface area (Å²) in [6, 6.07) is 9.02. The monoisotopic (exact) mass is 463 g/mol. The molecule has 0 radical (unpaired) electrons. The average Bonchev–Trinajstić information content (AvgIpc) is 3.28. The first-order valence-electron chi connectivity index (χ1n) is 10.6. The molecule has 1 aliphatic rings.